The molecule has 31 heavy (non-hydrogen) atoms. The molecule has 0 fully saturated rings. The molecule has 0 bridgehead atoms. The Morgan fingerprint density at radius 2 is 1.77 bits per heavy atom. The molecule has 1 aromatic heterocycles. The standard InChI is InChI=1S/C23H18Cl2N4OS/c1-15-7-5-10-17(13-15)29-22(16-8-3-2-4-9-16)27-28-23(29)31-14-20(30)26-19-12-6-11-18(24)21(19)25/h2-13H,14H2,1H3,(H,26,30). The summed E-state index contributed by atoms with van der Waals surface area (Å²) in [5, 5.41) is 12.9. The summed E-state index contributed by atoms with van der Waals surface area (Å²) in [4.78, 5) is 12.5. The number of nitrogens with one attached hydrogen (secondary N) is 1. The Bertz CT molecular complexity index is 1230. The highest BCUT2D eigenvalue weighted by Crippen LogP contribution is 2.31. The maximum Gasteiger partial charge on any atom is 0.234 e. The molecule has 3 aromatic carbocycles. The highest BCUT2D eigenvalue weighted by Gasteiger charge is 2.18. The van der Waals surface area contributed by atoms with Gasteiger partial charge in [-0.15, -0.1) is 10.2 Å². The van der Waals surface area contributed by atoms with Crippen molar-refractivity contribution in [2.24, 2.45) is 0 Å². The Kier molecular flexibility index (Phi) is 6.61. The fourth-order valence-corrected chi connectivity index (χ4v) is 4.15. The van der Waals surface area contributed by atoms with Gasteiger partial charge >= 0.3 is 0 Å². The summed E-state index contributed by atoms with van der Waals surface area (Å²) in [5.41, 5.74) is 3.47. The number of carbonyl (C=O) groups is 1. The van der Waals surface area contributed by atoms with Gasteiger partial charge in [-0.25, -0.2) is 0 Å². The number of halogens is 2. The zero-order valence-corrected chi connectivity index (χ0v) is 18.9. The van der Waals surface area contributed by atoms with Gasteiger partial charge in [0, 0.05) is 11.3 Å². The molecule has 0 atom stereocenters. The predicted molar refractivity (Wildman–Crippen MR) is 127 cm³/mol. The zero-order valence-electron chi connectivity index (χ0n) is 16.5. The monoisotopic (exact) mass is 468 g/mol. The molecule has 0 aliphatic rings. The smallest absolute Gasteiger partial charge is 0.234 e. The van der Waals surface area contributed by atoms with Crippen molar-refractivity contribution in [3.05, 3.63) is 88.4 Å². The maximum atomic E-state index is 12.5. The van der Waals surface area contributed by atoms with Gasteiger partial charge in [-0.05, 0) is 36.8 Å². The molecule has 0 spiro atoms. The summed E-state index contributed by atoms with van der Waals surface area (Å²) in [6.45, 7) is 2.03. The van der Waals surface area contributed by atoms with Crippen molar-refractivity contribution in [1.29, 1.82) is 0 Å². The third-order valence-electron chi connectivity index (χ3n) is 4.48. The lowest BCUT2D eigenvalue weighted by atomic mass is 10.2. The van der Waals surface area contributed by atoms with Gasteiger partial charge in [0.15, 0.2) is 11.0 Å². The van der Waals surface area contributed by atoms with Crippen LogP contribution in [0.15, 0.2) is 78.0 Å². The van der Waals surface area contributed by atoms with Gasteiger partial charge in [-0.1, -0.05) is 83.5 Å². The van der Waals surface area contributed by atoms with Crippen LogP contribution in [0.25, 0.3) is 17.1 Å². The lowest BCUT2D eigenvalue weighted by Crippen LogP contribution is -2.15. The molecule has 5 nitrogen and oxygen atoms in total. The van der Waals surface area contributed by atoms with Crippen molar-refractivity contribution in [3.63, 3.8) is 0 Å². The number of carbonyl (C=O) groups excluding carboxylic acids is 1. The Labute approximate surface area is 194 Å². The van der Waals surface area contributed by atoms with E-state index in [2.05, 4.69) is 21.6 Å². The van der Waals surface area contributed by atoms with E-state index in [1.165, 1.54) is 11.8 Å². The molecular formula is C23H18Cl2N4OS. The molecular weight excluding hydrogens is 451 g/mol. The summed E-state index contributed by atoms with van der Waals surface area (Å²) in [6, 6.07) is 23.0. The highest BCUT2D eigenvalue weighted by atomic mass is 35.5. The van der Waals surface area contributed by atoms with Gasteiger partial charge in [-0.3, -0.25) is 9.36 Å². The van der Waals surface area contributed by atoms with E-state index < -0.39 is 0 Å². The molecule has 0 saturated carbocycles. The molecule has 0 saturated heterocycles. The number of hydrogen-bond donors (Lipinski definition) is 1. The zero-order chi connectivity index (χ0) is 21.8. The molecule has 4 aromatic rings. The number of rotatable bonds is 6. The van der Waals surface area contributed by atoms with E-state index in [1.807, 2.05) is 60.0 Å². The molecule has 1 N–H and O–H groups in total. The lowest BCUT2D eigenvalue weighted by Gasteiger charge is -2.11. The lowest BCUT2D eigenvalue weighted by molar-refractivity contribution is -0.113. The van der Waals surface area contributed by atoms with Crippen LogP contribution in [0.2, 0.25) is 10.0 Å². The van der Waals surface area contributed by atoms with Crippen LogP contribution in [0.1, 0.15) is 5.56 Å². The van der Waals surface area contributed by atoms with E-state index in [9.17, 15) is 4.79 Å². The Morgan fingerprint density at radius 1 is 1.00 bits per heavy atom. The van der Waals surface area contributed by atoms with Crippen molar-refractivity contribution in [2.45, 2.75) is 12.1 Å². The maximum absolute atomic E-state index is 12.5. The van der Waals surface area contributed by atoms with Crippen LogP contribution in [0, 0.1) is 6.92 Å². The molecule has 156 valence electrons. The molecule has 0 unspecified atom stereocenters. The summed E-state index contributed by atoms with van der Waals surface area (Å²) < 4.78 is 1.96. The summed E-state index contributed by atoms with van der Waals surface area (Å²) in [6.07, 6.45) is 0. The predicted octanol–water partition coefficient (Wildman–Crippen LogP) is 6.28. The van der Waals surface area contributed by atoms with E-state index in [0.29, 0.717) is 26.7 Å². The highest BCUT2D eigenvalue weighted by molar-refractivity contribution is 7.99. The molecule has 0 radical (unpaired) electrons. The third kappa shape index (κ3) is 4.93. The van der Waals surface area contributed by atoms with E-state index in [-0.39, 0.29) is 11.7 Å². The second-order valence-corrected chi connectivity index (χ2v) is 8.51. The third-order valence-corrected chi connectivity index (χ3v) is 6.23. The minimum Gasteiger partial charge on any atom is -0.324 e. The van der Waals surface area contributed by atoms with Gasteiger partial charge in [0.1, 0.15) is 0 Å². The fourth-order valence-electron chi connectivity index (χ4n) is 3.05. The van der Waals surface area contributed by atoms with Crippen LogP contribution >= 0.6 is 35.0 Å². The van der Waals surface area contributed by atoms with E-state index in [1.54, 1.807) is 18.2 Å². The Morgan fingerprint density at radius 3 is 2.55 bits per heavy atom. The first-order valence-electron chi connectivity index (χ1n) is 9.47. The van der Waals surface area contributed by atoms with Gasteiger partial charge in [0.2, 0.25) is 5.91 Å². The second kappa shape index (κ2) is 9.56. The molecule has 4 rings (SSSR count). The minimum atomic E-state index is -0.214. The molecule has 0 aliphatic carbocycles. The quantitative estimate of drug-likeness (QED) is 0.338. The normalized spacial score (nSPS) is 10.8. The number of benzene rings is 3. The van der Waals surface area contributed by atoms with Gasteiger partial charge in [0.05, 0.1) is 21.5 Å². The van der Waals surface area contributed by atoms with Crippen LogP contribution in [0.5, 0.6) is 0 Å². The first-order chi connectivity index (χ1) is 15.0. The molecule has 8 heteroatoms. The van der Waals surface area contributed by atoms with Crippen LogP contribution in [-0.4, -0.2) is 26.4 Å². The van der Waals surface area contributed by atoms with Crippen molar-refractivity contribution in [3.8, 4) is 17.1 Å². The number of aromatic nitrogens is 3. The van der Waals surface area contributed by atoms with Crippen LogP contribution in [0.4, 0.5) is 5.69 Å². The van der Waals surface area contributed by atoms with Crippen LogP contribution < -0.4 is 5.32 Å². The SMILES string of the molecule is Cc1cccc(-n2c(SCC(=O)Nc3cccc(Cl)c3Cl)nnc2-c2ccccc2)c1. The molecule has 0 aliphatic heterocycles. The van der Waals surface area contributed by atoms with Crippen molar-refractivity contribution in [1.82, 2.24) is 14.8 Å². The average Bonchev–Trinajstić information content (AvgIpc) is 3.20. The van der Waals surface area contributed by atoms with E-state index >= 15 is 0 Å². The van der Waals surface area contributed by atoms with Crippen LogP contribution in [-0.2, 0) is 4.79 Å². The first kappa shape index (κ1) is 21.4. The van der Waals surface area contributed by atoms with Crippen LogP contribution in [0.3, 0.4) is 0 Å². The number of aryl methyl sites for hydroxylation is 1. The summed E-state index contributed by atoms with van der Waals surface area (Å²) >= 11 is 13.5. The Hall–Kier alpha value is -2.80. The van der Waals surface area contributed by atoms with Crippen molar-refractivity contribution >= 4 is 46.6 Å². The number of anilines is 1. The second-order valence-electron chi connectivity index (χ2n) is 6.78. The summed E-state index contributed by atoms with van der Waals surface area (Å²) in [5.74, 6) is 0.642. The largest absolute Gasteiger partial charge is 0.324 e. The Balaban J connectivity index is 1.60. The van der Waals surface area contributed by atoms with Gasteiger partial charge < -0.3 is 5.32 Å². The van der Waals surface area contributed by atoms with E-state index in [4.69, 9.17) is 23.2 Å². The number of hydrogen-bond acceptors (Lipinski definition) is 4. The molecule has 1 heterocycles. The topological polar surface area (TPSA) is 59.8 Å². The number of nitrogens with zero attached hydrogens (tertiary/aromatic N) is 3. The fraction of sp³-hybridized carbons (Fsp3) is 0.0870. The average molecular weight is 469 g/mol. The van der Waals surface area contributed by atoms with Crippen molar-refractivity contribution < 1.29 is 4.79 Å². The van der Waals surface area contributed by atoms with Gasteiger partial charge in [-0.2, -0.15) is 0 Å². The first-order valence-corrected chi connectivity index (χ1v) is 11.2. The van der Waals surface area contributed by atoms with Crippen molar-refractivity contribution in [2.75, 3.05) is 11.1 Å². The summed E-state index contributed by atoms with van der Waals surface area (Å²) in [7, 11) is 0. The number of thioether (sulfide) groups is 1. The molecule has 1 amide bonds. The minimum absolute atomic E-state index is 0.140. The van der Waals surface area contributed by atoms with Gasteiger partial charge in [0.25, 0.3) is 0 Å². The van der Waals surface area contributed by atoms with E-state index in [0.717, 1.165) is 16.8 Å². The number of amides is 1.